The standard InChI is InChI=1S/C11H5Br2FN2O2/c12-7-2-1-5(14)3-6(7)10-15-4-8(13)9(16-10)11(17)18/h1-4H,(H,17,18). The quantitative estimate of drug-likeness (QED) is 0.872. The Morgan fingerprint density at radius 1 is 1.28 bits per heavy atom. The van der Waals surface area contributed by atoms with Crippen molar-refractivity contribution in [1.29, 1.82) is 0 Å². The maximum absolute atomic E-state index is 13.2. The number of benzene rings is 1. The molecule has 1 heterocycles. The molecule has 18 heavy (non-hydrogen) atoms. The number of hydrogen-bond donors (Lipinski definition) is 1. The van der Waals surface area contributed by atoms with Crippen LogP contribution in [0.1, 0.15) is 10.5 Å². The Balaban J connectivity index is 2.61. The summed E-state index contributed by atoms with van der Waals surface area (Å²) < 4.78 is 14.0. The average molecular weight is 376 g/mol. The van der Waals surface area contributed by atoms with Gasteiger partial charge in [0.1, 0.15) is 5.82 Å². The van der Waals surface area contributed by atoms with Crippen LogP contribution in [-0.4, -0.2) is 21.0 Å². The van der Waals surface area contributed by atoms with E-state index in [1.807, 2.05) is 0 Å². The van der Waals surface area contributed by atoms with E-state index >= 15 is 0 Å². The van der Waals surface area contributed by atoms with Crippen LogP contribution in [0.3, 0.4) is 0 Å². The number of aromatic nitrogens is 2. The van der Waals surface area contributed by atoms with Gasteiger partial charge in [0.05, 0.1) is 4.47 Å². The first-order valence-corrected chi connectivity index (χ1v) is 6.29. The molecule has 92 valence electrons. The van der Waals surface area contributed by atoms with Crippen molar-refractivity contribution in [3.63, 3.8) is 0 Å². The number of carbonyl (C=O) groups is 1. The molecule has 0 saturated heterocycles. The van der Waals surface area contributed by atoms with Gasteiger partial charge in [-0.3, -0.25) is 0 Å². The predicted octanol–water partition coefficient (Wildman–Crippen LogP) is 3.51. The highest BCUT2D eigenvalue weighted by Gasteiger charge is 2.15. The van der Waals surface area contributed by atoms with E-state index in [9.17, 15) is 9.18 Å². The fourth-order valence-electron chi connectivity index (χ4n) is 1.32. The van der Waals surface area contributed by atoms with Crippen LogP contribution >= 0.6 is 31.9 Å². The predicted molar refractivity (Wildman–Crippen MR) is 69.8 cm³/mol. The van der Waals surface area contributed by atoms with Gasteiger partial charge in [-0.05, 0) is 34.1 Å². The molecule has 1 N–H and O–H groups in total. The van der Waals surface area contributed by atoms with E-state index in [4.69, 9.17) is 5.11 Å². The number of carboxylic acid groups (broad SMARTS) is 1. The molecule has 0 bridgehead atoms. The van der Waals surface area contributed by atoms with Crippen LogP contribution in [-0.2, 0) is 0 Å². The molecule has 4 nitrogen and oxygen atoms in total. The third-order valence-corrected chi connectivity index (χ3v) is 3.39. The van der Waals surface area contributed by atoms with Crippen LogP contribution in [0.4, 0.5) is 4.39 Å². The van der Waals surface area contributed by atoms with E-state index in [-0.39, 0.29) is 16.0 Å². The maximum atomic E-state index is 13.2. The summed E-state index contributed by atoms with van der Waals surface area (Å²) in [6, 6.07) is 4.03. The van der Waals surface area contributed by atoms with Gasteiger partial charge in [0.25, 0.3) is 0 Å². The zero-order valence-electron chi connectivity index (χ0n) is 8.69. The highest BCUT2D eigenvalue weighted by atomic mass is 79.9. The zero-order valence-corrected chi connectivity index (χ0v) is 11.9. The first-order chi connectivity index (χ1) is 8.49. The second-order valence-corrected chi connectivity index (χ2v) is 5.03. The highest BCUT2D eigenvalue weighted by molar-refractivity contribution is 9.10. The molecule has 0 saturated carbocycles. The summed E-state index contributed by atoms with van der Waals surface area (Å²) in [6.45, 7) is 0. The summed E-state index contributed by atoms with van der Waals surface area (Å²) in [5.41, 5.74) is 0.223. The minimum absolute atomic E-state index is 0.141. The summed E-state index contributed by atoms with van der Waals surface area (Å²) in [4.78, 5) is 18.8. The number of nitrogens with zero attached hydrogens (tertiary/aromatic N) is 2. The van der Waals surface area contributed by atoms with Gasteiger partial charge in [0, 0.05) is 16.2 Å². The molecule has 0 spiro atoms. The first-order valence-electron chi connectivity index (χ1n) is 4.70. The van der Waals surface area contributed by atoms with Gasteiger partial charge in [0.15, 0.2) is 11.5 Å². The van der Waals surface area contributed by atoms with Crippen LogP contribution in [0.15, 0.2) is 33.3 Å². The number of halogens is 3. The first kappa shape index (κ1) is 13.1. The van der Waals surface area contributed by atoms with Gasteiger partial charge in [-0.2, -0.15) is 0 Å². The molecule has 0 aliphatic rings. The summed E-state index contributed by atoms with van der Waals surface area (Å²) in [7, 11) is 0. The van der Waals surface area contributed by atoms with Crippen molar-refractivity contribution in [2.24, 2.45) is 0 Å². The number of carboxylic acids is 1. The highest BCUT2D eigenvalue weighted by Crippen LogP contribution is 2.27. The van der Waals surface area contributed by atoms with Crippen molar-refractivity contribution in [3.8, 4) is 11.4 Å². The fourth-order valence-corrected chi connectivity index (χ4v) is 2.10. The normalized spacial score (nSPS) is 10.4. The van der Waals surface area contributed by atoms with Crippen LogP contribution in [0.25, 0.3) is 11.4 Å². The Hall–Kier alpha value is -1.34. The van der Waals surface area contributed by atoms with Crippen molar-refractivity contribution in [2.45, 2.75) is 0 Å². The monoisotopic (exact) mass is 374 g/mol. The lowest BCUT2D eigenvalue weighted by molar-refractivity contribution is 0.0689. The minimum Gasteiger partial charge on any atom is -0.476 e. The second kappa shape index (κ2) is 5.11. The van der Waals surface area contributed by atoms with Gasteiger partial charge in [-0.15, -0.1) is 0 Å². The van der Waals surface area contributed by atoms with Crippen LogP contribution in [0, 0.1) is 5.82 Å². The Morgan fingerprint density at radius 2 is 2.00 bits per heavy atom. The van der Waals surface area contributed by atoms with E-state index in [0.717, 1.165) is 0 Å². The van der Waals surface area contributed by atoms with Gasteiger partial charge in [-0.1, -0.05) is 15.9 Å². The van der Waals surface area contributed by atoms with Crippen LogP contribution in [0.5, 0.6) is 0 Å². The lowest BCUT2D eigenvalue weighted by Gasteiger charge is -2.05. The minimum atomic E-state index is -1.18. The second-order valence-electron chi connectivity index (χ2n) is 3.32. The number of hydrogen-bond acceptors (Lipinski definition) is 3. The molecular weight excluding hydrogens is 371 g/mol. The average Bonchev–Trinajstić information content (AvgIpc) is 2.33. The van der Waals surface area contributed by atoms with Gasteiger partial charge < -0.3 is 5.11 Å². The molecule has 0 aliphatic heterocycles. The fraction of sp³-hybridized carbons (Fsp3) is 0. The topological polar surface area (TPSA) is 63.1 Å². The largest absolute Gasteiger partial charge is 0.476 e. The van der Waals surface area contributed by atoms with Crippen LogP contribution < -0.4 is 0 Å². The van der Waals surface area contributed by atoms with Crippen molar-refractivity contribution in [3.05, 3.63) is 44.9 Å². The van der Waals surface area contributed by atoms with Gasteiger partial charge in [0.2, 0.25) is 0 Å². The molecule has 0 aliphatic carbocycles. The summed E-state index contributed by atoms with van der Waals surface area (Å²) in [5.74, 6) is -1.49. The molecule has 0 atom stereocenters. The van der Waals surface area contributed by atoms with Crippen molar-refractivity contribution in [2.75, 3.05) is 0 Å². The molecule has 1 aromatic carbocycles. The van der Waals surface area contributed by atoms with Crippen molar-refractivity contribution in [1.82, 2.24) is 9.97 Å². The Kier molecular flexibility index (Phi) is 3.72. The number of rotatable bonds is 2. The lowest BCUT2D eigenvalue weighted by atomic mass is 10.2. The van der Waals surface area contributed by atoms with Crippen LogP contribution in [0.2, 0.25) is 0 Å². The SMILES string of the molecule is O=C(O)c1nc(-c2cc(F)ccc2Br)ncc1Br. The van der Waals surface area contributed by atoms with E-state index in [0.29, 0.717) is 10.0 Å². The van der Waals surface area contributed by atoms with Gasteiger partial charge in [-0.25, -0.2) is 19.2 Å². The molecule has 2 aromatic rings. The molecular formula is C11H5Br2FN2O2. The van der Waals surface area contributed by atoms with Crippen molar-refractivity contribution < 1.29 is 14.3 Å². The molecule has 0 fully saturated rings. The Labute approximate surface area is 118 Å². The van der Waals surface area contributed by atoms with E-state index in [1.165, 1.54) is 24.4 Å². The third-order valence-electron chi connectivity index (χ3n) is 2.12. The maximum Gasteiger partial charge on any atom is 0.355 e. The number of aromatic carboxylic acids is 1. The lowest BCUT2D eigenvalue weighted by Crippen LogP contribution is -2.04. The molecule has 2 rings (SSSR count). The molecule has 7 heteroatoms. The van der Waals surface area contributed by atoms with E-state index < -0.39 is 11.8 Å². The Bertz CT molecular complexity index is 634. The Morgan fingerprint density at radius 3 is 2.67 bits per heavy atom. The van der Waals surface area contributed by atoms with E-state index in [2.05, 4.69) is 41.8 Å². The zero-order chi connectivity index (χ0) is 13.3. The smallest absolute Gasteiger partial charge is 0.355 e. The van der Waals surface area contributed by atoms with Gasteiger partial charge >= 0.3 is 5.97 Å². The summed E-state index contributed by atoms with van der Waals surface area (Å²) >= 11 is 6.29. The molecule has 1 aromatic heterocycles. The van der Waals surface area contributed by atoms with Crippen molar-refractivity contribution >= 4 is 37.8 Å². The summed E-state index contributed by atoms with van der Waals surface area (Å²) in [5, 5.41) is 8.95. The third kappa shape index (κ3) is 2.56. The summed E-state index contributed by atoms with van der Waals surface area (Å²) in [6.07, 6.45) is 1.32. The molecule has 0 amide bonds. The van der Waals surface area contributed by atoms with E-state index in [1.54, 1.807) is 0 Å². The molecule has 0 unspecified atom stereocenters. The molecule has 0 radical (unpaired) electrons.